The molecule has 29 valence electrons. The van der Waals surface area contributed by atoms with Crippen LogP contribution < -0.4 is 0 Å². The highest BCUT2D eigenvalue weighted by Gasteiger charge is 1.64. The first kappa shape index (κ1) is 5.03. The second-order valence-corrected chi connectivity index (χ2v) is 1.39. The third kappa shape index (κ3) is 4.03. The zero-order valence-corrected chi connectivity index (χ0v) is 3.92. The Morgan fingerprint density at radius 3 is 2.20 bits per heavy atom. The summed E-state index contributed by atoms with van der Waals surface area (Å²) in [5, 5.41) is 0.741. The Kier molecular flexibility index (Phi) is 2.29. The Morgan fingerprint density at radius 2 is 2.20 bits per heavy atom. The molecule has 0 amide bonds. The van der Waals surface area contributed by atoms with Crippen molar-refractivity contribution in [2.24, 2.45) is 0 Å². The Morgan fingerprint density at radius 1 is 2.00 bits per heavy atom. The van der Waals surface area contributed by atoms with Crippen LogP contribution in [0.5, 0.6) is 0 Å². The zero-order chi connectivity index (χ0) is 4.28. The van der Waals surface area contributed by atoms with Crippen molar-refractivity contribution in [3.8, 4) is 0 Å². The van der Waals surface area contributed by atoms with Gasteiger partial charge in [0.25, 0.3) is 0 Å². The smallest absolute Gasteiger partial charge is 0.0110 e. The van der Waals surface area contributed by atoms with Crippen molar-refractivity contribution in [2.45, 2.75) is 6.92 Å². The number of allylic oxidation sites excluding steroid dienone is 2. The predicted octanol–water partition coefficient (Wildman–Crippen LogP) is 1.96. The van der Waals surface area contributed by atoms with Gasteiger partial charge in [-0.2, -0.15) is 0 Å². The van der Waals surface area contributed by atoms with Crippen LogP contribution in [0.25, 0.3) is 0 Å². The summed E-state index contributed by atoms with van der Waals surface area (Å²) in [6, 6.07) is 0. The van der Waals surface area contributed by atoms with E-state index in [1.54, 1.807) is 13.0 Å². The van der Waals surface area contributed by atoms with Gasteiger partial charge in [-0.15, -0.1) is 0 Å². The first-order chi connectivity index (χ1) is 2.27. The van der Waals surface area contributed by atoms with Crippen LogP contribution in [-0.2, 0) is 0 Å². The molecule has 0 saturated carbocycles. The minimum atomic E-state index is 0.741. The van der Waals surface area contributed by atoms with Crippen molar-refractivity contribution >= 4 is 11.6 Å². The Balaban J connectivity index is 3.14. The third-order valence-corrected chi connectivity index (χ3v) is 0.436. The first-order valence-corrected chi connectivity index (χ1v) is 1.76. The van der Waals surface area contributed by atoms with Gasteiger partial charge in [0.1, 0.15) is 0 Å². The fourth-order valence-corrected chi connectivity index (χ4v) is 0. The maximum atomic E-state index is 5.26. The van der Waals surface area contributed by atoms with E-state index in [4.69, 9.17) is 11.6 Å². The van der Waals surface area contributed by atoms with Crippen LogP contribution in [0.2, 0.25) is 0 Å². The van der Waals surface area contributed by atoms with E-state index in [1.165, 1.54) is 0 Å². The molecule has 0 rings (SSSR count). The van der Waals surface area contributed by atoms with E-state index in [2.05, 4.69) is 6.92 Å². The van der Waals surface area contributed by atoms with Crippen LogP contribution in [0.15, 0.2) is 11.1 Å². The van der Waals surface area contributed by atoms with Crippen LogP contribution >= 0.6 is 11.6 Å². The van der Waals surface area contributed by atoms with E-state index in [0.29, 0.717) is 0 Å². The summed E-state index contributed by atoms with van der Waals surface area (Å²) in [5.41, 5.74) is 0. The predicted molar refractivity (Wildman–Crippen MR) is 25.0 cm³/mol. The molecule has 0 atom stereocenters. The number of hydrogen-bond acceptors (Lipinski definition) is 0. The van der Waals surface area contributed by atoms with E-state index < -0.39 is 0 Å². The SMILES string of the molecule is [CH2]/C=C(/C)Cl. The van der Waals surface area contributed by atoms with Crippen molar-refractivity contribution in [3.05, 3.63) is 18.0 Å². The monoisotopic (exact) mass is 89.0 g/mol. The van der Waals surface area contributed by atoms with E-state index in [-0.39, 0.29) is 0 Å². The van der Waals surface area contributed by atoms with Crippen LogP contribution in [-0.4, -0.2) is 0 Å². The molecule has 1 heteroatoms. The van der Waals surface area contributed by atoms with Crippen molar-refractivity contribution in [3.63, 3.8) is 0 Å². The van der Waals surface area contributed by atoms with Crippen LogP contribution in [0, 0.1) is 6.92 Å². The highest BCUT2D eigenvalue weighted by Crippen LogP contribution is 1.93. The molecule has 0 aliphatic rings. The standard InChI is InChI=1S/C4H6Cl/c1-3-4(2)5/h3H,1H2,2H3/b4-3-. The molecular weight excluding hydrogens is 83.5 g/mol. The zero-order valence-electron chi connectivity index (χ0n) is 3.16. The maximum Gasteiger partial charge on any atom is 0.0110 e. The number of hydrogen-bond donors (Lipinski definition) is 0. The molecule has 0 saturated heterocycles. The molecule has 5 heavy (non-hydrogen) atoms. The number of halogens is 1. The van der Waals surface area contributed by atoms with E-state index in [0.717, 1.165) is 5.03 Å². The van der Waals surface area contributed by atoms with Gasteiger partial charge in [0.05, 0.1) is 0 Å². The van der Waals surface area contributed by atoms with Gasteiger partial charge in [-0.1, -0.05) is 17.7 Å². The van der Waals surface area contributed by atoms with Gasteiger partial charge in [0, 0.05) is 5.03 Å². The lowest BCUT2D eigenvalue weighted by Gasteiger charge is -1.70. The maximum absolute atomic E-state index is 5.26. The Bertz CT molecular complexity index is 41.6. The van der Waals surface area contributed by atoms with Crippen molar-refractivity contribution in [2.75, 3.05) is 0 Å². The Hall–Kier alpha value is 0.0300. The van der Waals surface area contributed by atoms with Gasteiger partial charge in [0.2, 0.25) is 0 Å². The summed E-state index contributed by atoms with van der Waals surface area (Å²) in [6.07, 6.45) is 1.60. The second-order valence-electron chi connectivity index (χ2n) is 0.791. The molecule has 0 aromatic heterocycles. The van der Waals surface area contributed by atoms with Crippen molar-refractivity contribution in [1.29, 1.82) is 0 Å². The van der Waals surface area contributed by atoms with Crippen molar-refractivity contribution in [1.82, 2.24) is 0 Å². The average Bonchev–Trinajstić information content (AvgIpc) is 1.38. The lowest BCUT2D eigenvalue weighted by Crippen LogP contribution is -1.46. The molecule has 1 radical (unpaired) electrons. The van der Waals surface area contributed by atoms with Gasteiger partial charge < -0.3 is 0 Å². The third-order valence-electron chi connectivity index (χ3n) is 0.281. The molecule has 0 aromatic rings. The highest BCUT2D eigenvalue weighted by molar-refractivity contribution is 6.29. The van der Waals surface area contributed by atoms with E-state index in [9.17, 15) is 0 Å². The summed E-state index contributed by atoms with van der Waals surface area (Å²) in [7, 11) is 0. The van der Waals surface area contributed by atoms with Gasteiger partial charge in [0.15, 0.2) is 0 Å². The summed E-state index contributed by atoms with van der Waals surface area (Å²) in [4.78, 5) is 0. The molecule has 0 aliphatic carbocycles. The van der Waals surface area contributed by atoms with Crippen LogP contribution in [0.1, 0.15) is 6.92 Å². The molecule has 0 spiro atoms. The van der Waals surface area contributed by atoms with E-state index >= 15 is 0 Å². The largest absolute Gasteiger partial charge is 0.0898 e. The fourth-order valence-electron chi connectivity index (χ4n) is 0. The van der Waals surface area contributed by atoms with Gasteiger partial charge >= 0.3 is 0 Å². The highest BCUT2D eigenvalue weighted by atomic mass is 35.5. The average molecular weight is 89.5 g/mol. The van der Waals surface area contributed by atoms with Crippen LogP contribution in [0.3, 0.4) is 0 Å². The minimum Gasteiger partial charge on any atom is -0.0898 e. The molecule has 0 nitrogen and oxygen atoms in total. The van der Waals surface area contributed by atoms with Crippen LogP contribution in [0.4, 0.5) is 0 Å². The quantitative estimate of drug-likeness (QED) is 0.426. The number of rotatable bonds is 0. The molecule has 0 bridgehead atoms. The van der Waals surface area contributed by atoms with E-state index in [1.807, 2.05) is 0 Å². The lowest BCUT2D eigenvalue weighted by molar-refractivity contribution is 1.67. The molecule has 0 fully saturated rings. The lowest BCUT2D eigenvalue weighted by atomic mass is 10.6. The normalized spacial score (nSPS) is 12.2. The second kappa shape index (κ2) is 2.28. The van der Waals surface area contributed by atoms with Gasteiger partial charge in [-0.3, -0.25) is 0 Å². The summed E-state index contributed by atoms with van der Waals surface area (Å²) < 4.78 is 0. The molecule has 0 heterocycles. The molecule has 0 aromatic carbocycles. The summed E-state index contributed by atoms with van der Waals surface area (Å²) in [6.45, 7) is 5.18. The van der Waals surface area contributed by atoms with Crippen molar-refractivity contribution < 1.29 is 0 Å². The first-order valence-electron chi connectivity index (χ1n) is 1.39. The summed E-state index contributed by atoms with van der Waals surface area (Å²) >= 11 is 5.26. The molecule has 0 unspecified atom stereocenters. The minimum absolute atomic E-state index is 0.741. The van der Waals surface area contributed by atoms with Gasteiger partial charge in [-0.05, 0) is 13.8 Å². The molecular formula is C4H6Cl. The topological polar surface area (TPSA) is 0 Å². The van der Waals surface area contributed by atoms with Gasteiger partial charge in [-0.25, -0.2) is 0 Å². The fraction of sp³-hybridized carbons (Fsp3) is 0.250. The Labute approximate surface area is 37.4 Å². The summed E-state index contributed by atoms with van der Waals surface area (Å²) in [5.74, 6) is 0. The molecule has 0 aliphatic heterocycles. The molecule has 0 N–H and O–H groups in total.